The van der Waals surface area contributed by atoms with E-state index in [4.69, 9.17) is 0 Å². The molecule has 0 spiro atoms. The van der Waals surface area contributed by atoms with Crippen LogP contribution in [0, 0.1) is 6.92 Å². The number of hydrogen-bond donors (Lipinski definition) is 0. The summed E-state index contributed by atoms with van der Waals surface area (Å²) in [6.45, 7) is 5.86. The van der Waals surface area contributed by atoms with Gasteiger partial charge in [-0.25, -0.2) is 14.4 Å². The van der Waals surface area contributed by atoms with Crippen LogP contribution >= 0.6 is 0 Å². The second-order valence-corrected chi connectivity index (χ2v) is 7.31. The number of aromatic nitrogens is 3. The van der Waals surface area contributed by atoms with Crippen LogP contribution in [0.5, 0.6) is 0 Å². The number of nitrogens with zero attached hydrogens (tertiary/aromatic N) is 4. The molecule has 0 radical (unpaired) electrons. The minimum atomic E-state index is -1.55. The Labute approximate surface area is 147 Å². The predicted molar refractivity (Wildman–Crippen MR) is 97.2 cm³/mol. The molecule has 1 atom stereocenters. The van der Waals surface area contributed by atoms with Crippen molar-refractivity contribution in [2.75, 3.05) is 13.6 Å². The second-order valence-electron chi connectivity index (χ2n) is 7.31. The fourth-order valence-corrected chi connectivity index (χ4v) is 3.85. The third-order valence-corrected chi connectivity index (χ3v) is 5.18. The van der Waals surface area contributed by atoms with Crippen molar-refractivity contribution in [3.05, 3.63) is 59.3 Å². The van der Waals surface area contributed by atoms with Crippen LogP contribution in [0.4, 0.5) is 4.39 Å². The number of benzene rings is 1. The Morgan fingerprint density at radius 1 is 1.28 bits per heavy atom. The van der Waals surface area contributed by atoms with Crippen LogP contribution in [0.25, 0.3) is 10.9 Å². The molecule has 1 aromatic carbocycles. The Morgan fingerprint density at radius 2 is 2.12 bits per heavy atom. The largest absolute Gasteiger partial charge is 0.339 e. The van der Waals surface area contributed by atoms with Crippen molar-refractivity contribution in [3.63, 3.8) is 0 Å². The molecule has 25 heavy (non-hydrogen) atoms. The number of rotatable bonds is 3. The van der Waals surface area contributed by atoms with Crippen LogP contribution in [0.15, 0.2) is 36.8 Å². The molecule has 1 aliphatic heterocycles. The average molecular weight is 338 g/mol. The lowest BCUT2D eigenvalue weighted by molar-refractivity contribution is 0.153. The maximum atomic E-state index is 15.5. The zero-order valence-electron chi connectivity index (χ0n) is 15.0. The third kappa shape index (κ3) is 2.82. The van der Waals surface area contributed by atoms with Crippen molar-refractivity contribution in [2.45, 2.75) is 39.0 Å². The Kier molecular flexibility index (Phi) is 3.84. The Morgan fingerprint density at radius 3 is 2.88 bits per heavy atom. The van der Waals surface area contributed by atoms with Crippen molar-refractivity contribution in [1.29, 1.82) is 0 Å². The molecule has 1 aliphatic rings. The van der Waals surface area contributed by atoms with Crippen LogP contribution in [0.2, 0.25) is 0 Å². The minimum absolute atomic E-state index is 0.257. The summed E-state index contributed by atoms with van der Waals surface area (Å²) < 4.78 is 17.7. The smallest absolute Gasteiger partial charge is 0.167 e. The van der Waals surface area contributed by atoms with E-state index in [-0.39, 0.29) is 6.54 Å². The molecule has 1 unspecified atom stereocenters. The lowest BCUT2D eigenvalue weighted by Crippen LogP contribution is -2.30. The molecule has 4 nitrogen and oxygen atoms in total. The number of hydrogen-bond acceptors (Lipinski definition) is 3. The first-order valence-electron chi connectivity index (χ1n) is 8.70. The monoisotopic (exact) mass is 338 g/mol. The molecule has 0 saturated heterocycles. The quantitative estimate of drug-likeness (QED) is 0.731. The van der Waals surface area contributed by atoms with E-state index in [0.29, 0.717) is 5.69 Å². The number of fused-ring (bicyclic) bond motifs is 3. The van der Waals surface area contributed by atoms with Gasteiger partial charge in [-0.3, -0.25) is 0 Å². The van der Waals surface area contributed by atoms with E-state index >= 15 is 4.39 Å². The Hall–Kier alpha value is -2.27. The van der Waals surface area contributed by atoms with Crippen molar-refractivity contribution in [3.8, 4) is 0 Å². The molecule has 4 rings (SSSR count). The standard InChI is InChI=1S/C20H23FN4/c1-14-4-5-17-16(10-14)15-7-9-24(3)11-18(15)25(17)12-20(2,21)19-6-8-22-13-23-19/h4-6,8,10,13H,7,9,11-12H2,1-3H3. The van der Waals surface area contributed by atoms with Gasteiger partial charge in [-0.1, -0.05) is 11.6 Å². The van der Waals surface area contributed by atoms with Crippen molar-refractivity contribution >= 4 is 10.9 Å². The third-order valence-electron chi connectivity index (χ3n) is 5.18. The van der Waals surface area contributed by atoms with Gasteiger partial charge in [-0.2, -0.15) is 0 Å². The Bertz CT molecular complexity index is 914. The maximum absolute atomic E-state index is 15.5. The van der Waals surface area contributed by atoms with Crippen LogP contribution < -0.4 is 0 Å². The van der Waals surface area contributed by atoms with Crippen LogP contribution in [-0.4, -0.2) is 33.0 Å². The summed E-state index contributed by atoms with van der Waals surface area (Å²) in [5, 5.41) is 1.27. The summed E-state index contributed by atoms with van der Waals surface area (Å²) in [5.41, 5.74) is 3.83. The minimum Gasteiger partial charge on any atom is -0.339 e. The molecule has 3 heterocycles. The lowest BCUT2D eigenvalue weighted by atomic mass is 10.0. The summed E-state index contributed by atoms with van der Waals surface area (Å²) in [6, 6.07) is 8.12. The zero-order valence-corrected chi connectivity index (χ0v) is 15.0. The van der Waals surface area contributed by atoms with E-state index in [1.807, 2.05) is 0 Å². The number of aryl methyl sites for hydroxylation is 1. The van der Waals surface area contributed by atoms with E-state index in [2.05, 4.69) is 51.6 Å². The predicted octanol–water partition coefficient (Wildman–Crippen LogP) is 3.61. The fraction of sp³-hybridized carbons (Fsp3) is 0.400. The molecule has 0 amide bonds. The van der Waals surface area contributed by atoms with E-state index in [9.17, 15) is 0 Å². The highest BCUT2D eigenvalue weighted by molar-refractivity contribution is 5.86. The van der Waals surface area contributed by atoms with Crippen LogP contribution in [0.1, 0.15) is 29.4 Å². The van der Waals surface area contributed by atoms with Gasteiger partial charge in [0.1, 0.15) is 6.33 Å². The Balaban J connectivity index is 1.85. The normalized spacial score (nSPS) is 17.4. The molecule has 0 saturated carbocycles. The summed E-state index contributed by atoms with van der Waals surface area (Å²) >= 11 is 0. The van der Waals surface area contributed by atoms with Crippen molar-refractivity contribution in [2.24, 2.45) is 0 Å². The molecule has 3 aromatic rings. The van der Waals surface area contributed by atoms with Crippen molar-refractivity contribution in [1.82, 2.24) is 19.4 Å². The first kappa shape index (κ1) is 16.2. The molecule has 0 N–H and O–H groups in total. The number of halogens is 1. The molecule has 130 valence electrons. The van der Waals surface area contributed by atoms with Gasteiger partial charge in [-0.15, -0.1) is 0 Å². The van der Waals surface area contributed by atoms with Gasteiger partial charge >= 0.3 is 0 Å². The second kappa shape index (κ2) is 5.92. The van der Waals surface area contributed by atoms with Crippen molar-refractivity contribution < 1.29 is 4.39 Å². The molecule has 0 aliphatic carbocycles. The lowest BCUT2D eigenvalue weighted by Gasteiger charge is -2.27. The van der Waals surface area contributed by atoms with Gasteiger partial charge in [0, 0.05) is 35.9 Å². The molecule has 2 aromatic heterocycles. The van der Waals surface area contributed by atoms with Gasteiger partial charge in [0.15, 0.2) is 5.67 Å². The average Bonchev–Trinajstić information content (AvgIpc) is 2.88. The van der Waals surface area contributed by atoms with Gasteiger partial charge in [0.2, 0.25) is 0 Å². The van der Waals surface area contributed by atoms with Gasteiger partial charge in [-0.05, 0) is 51.1 Å². The molecule has 0 fully saturated rings. The molecule has 0 bridgehead atoms. The topological polar surface area (TPSA) is 34.0 Å². The zero-order chi connectivity index (χ0) is 17.6. The summed E-state index contributed by atoms with van der Waals surface area (Å²) in [7, 11) is 2.12. The molecule has 5 heteroatoms. The molecular formula is C20H23FN4. The summed E-state index contributed by atoms with van der Waals surface area (Å²) in [6.07, 6.45) is 4.02. The maximum Gasteiger partial charge on any atom is 0.167 e. The van der Waals surface area contributed by atoms with Crippen LogP contribution in [-0.2, 0) is 25.2 Å². The highest BCUT2D eigenvalue weighted by Crippen LogP contribution is 2.35. The van der Waals surface area contributed by atoms with E-state index in [1.165, 1.54) is 28.5 Å². The summed E-state index contributed by atoms with van der Waals surface area (Å²) in [5.74, 6) is 0. The highest BCUT2D eigenvalue weighted by Gasteiger charge is 2.32. The summed E-state index contributed by atoms with van der Waals surface area (Å²) in [4.78, 5) is 10.3. The first-order valence-corrected chi connectivity index (χ1v) is 8.70. The van der Waals surface area contributed by atoms with Crippen LogP contribution in [0.3, 0.4) is 0 Å². The first-order chi connectivity index (χ1) is 12.0. The van der Waals surface area contributed by atoms with Gasteiger partial charge in [0.05, 0.1) is 12.2 Å². The fourth-order valence-electron chi connectivity index (χ4n) is 3.85. The van der Waals surface area contributed by atoms with E-state index < -0.39 is 5.67 Å². The highest BCUT2D eigenvalue weighted by atomic mass is 19.1. The van der Waals surface area contributed by atoms with Gasteiger partial charge < -0.3 is 9.47 Å². The number of alkyl halides is 1. The molecular weight excluding hydrogens is 315 g/mol. The SMILES string of the molecule is Cc1ccc2c(c1)c1c(n2CC(C)(F)c2ccncn2)CN(C)CC1. The van der Waals surface area contributed by atoms with E-state index in [1.54, 1.807) is 19.2 Å². The number of likely N-dealkylation sites (N-methyl/N-ethyl adjacent to an activating group) is 1. The van der Waals surface area contributed by atoms with Gasteiger partial charge in [0.25, 0.3) is 0 Å². The van der Waals surface area contributed by atoms with E-state index in [0.717, 1.165) is 25.0 Å².